The molecule has 0 heterocycles. The van der Waals surface area contributed by atoms with Crippen molar-refractivity contribution in [2.24, 2.45) is 0 Å². The zero-order valence-electron chi connectivity index (χ0n) is 8.54. The molecule has 0 amide bonds. The third-order valence-corrected chi connectivity index (χ3v) is 1.87. The predicted octanol–water partition coefficient (Wildman–Crippen LogP) is 1.54. The van der Waals surface area contributed by atoms with E-state index < -0.39 is 23.6 Å². The van der Waals surface area contributed by atoms with Crippen LogP contribution < -0.4 is 0 Å². The number of esters is 2. The summed E-state index contributed by atoms with van der Waals surface area (Å²) >= 11 is 0. The SMILES string of the molecule is COC(=O)c1cc(F)c(F)cc1C(=O)OC. The molecule has 6 heteroatoms. The summed E-state index contributed by atoms with van der Waals surface area (Å²) in [5.74, 6) is -4.38. The Balaban J connectivity index is 3.38. The van der Waals surface area contributed by atoms with Crippen LogP contribution in [0.3, 0.4) is 0 Å². The fraction of sp³-hybridized carbons (Fsp3) is 0.200. The van der Waals surface area contributed by atoms with Crippen molar-refractivity contribution in [3.05, 3.63) is 34.9 Å². The van der Waals surface area contributed by atoms with Gasteiger partial charge in [-0.2, -0.15) is 0 Å². The summed E-state index contributed by atoms with van der Waals surface area (Å²) in [6, 6.07) is 1.18. The number of benzene rings is 1. The standard InChI is InChI=1S/C10H8F2O4/c1-15-9(13)5-3-7(11)8(12)4-6(5)10(14)16-2/h3-4H,1-2H3. The van der Waals surface area contributed by atoms with Gasteiger partial charge in [-0.15, -0.1) is 0 Å². The minimum Gasteiger partial charge on any atom is -0.465 e. The minimum atomic E-state index is -1.24. The Morgan fingerprint density at radius 1 is 0.938 bits per heavy atom. The van der Waals surface area contributed by atoms with Crippen molar-refractivity contribution in [2.75, 3.05) is 14.2 Å². The minimum absolute atomic E-state index is 0.381. The maximum Gasteiger partial charge on any atom is 0.338 e. The van der Waals surface area contributed by atoms with E-state index in [1.807, 2.05) is 0 Å². The van der Waals surface area contributed by atoms with Gasteiger partial charge in [0.1, 0.15) is 0 Å². The molecule has 86 valence electrons. The zero-order chi connectivity index (χ0) is 12.3. The summed E-state index contributed by atoms with van der Waals surface area (Å²) in [5, 5.41) is 0. The number of methoxy groups -OCH3 is 2. The van der Waals surface area contributed by atoms with Gasteiger partial charge in [0.2, 0.25) is 0 Å². The van der Waals surface area contributed by atoms with E-state index in [0.29, 0.717) is 12.1 Å². The van der Waals surface area contributed by atoms with Gasteiger partial charge in [0.05, 0.1) is 25.3 Å². The molecule has 0 fully saturated rings. The van der Waals surface area contributed by atoms with Gasteiger partial charge in [-0.25, -0.2) is 18.4 Å². The van der Waals surface area contributed by atoms with E-state index in [1.165, 1.54) is 0 Å². The van der Waals surface area contributed by atoms with Crippen LogP contribution in [0.5, 0.6) is 0 Å². The van der Waals surface area contributed by atoms with Crippen LogP contribution >= 0.6 is 0 Å². The first-order valence-electron chi connectivity index (χ1n) is 4.17. The first-order chi connectivity index (χ1) is 7.51. The largest absolute Gasteiger partial charge is 0.465 e. The molecule has 1 rings (SSSR count). The molecule has 16 heavy (non-hydrogen) atoms. The van der Waals surface area contributed by atoms with Crippen LogP contribution in [-0.4, -0.2) is 26.2 Å². The van der Waals surface area contributed by atoms with Gasteiger partial charge in [-0.3, -0.25) is 0 Å². The smallest absolute Gasteiger partial charge is 0.338 e. The van der Waals surface area contributed by atoms with Crippen molar-refractivity contribution >= 4 is 11.9 Å². The zero-order valence-corrected chi connectivity index (χ0v) is 8.54. The molecule has 0 N–H and O–H groups in total. The second-order valence-electron chi connectivity index (χ2n) is 2.80. The molecule has 1 aromatic carbocycles. The second-order valence-corrected chi connectivity index (χ2v) is 2.80. The summed E-state index contributed by atoms with van der Waals surface area (Å²) in [5.41, 5.74) is -0.762. The van der Waals surface area contributed by atoms with E-state index in [-0.39, 0.29) is 11.1 Å². The van der Waals surface area contributed by atoms with Crippen molar-refractivity contribution in [3.63, 3.8) is 0 Å². The monoisotopic (exact) mass is 230 g/mol. The molecule has 0 atom stereocenters. The Morgan fingerprint density at radius 2 is 1.25 bits per heavy atom. The Hall–Kier alpha value is -1.98. The third-order valence-electron chi connectivity index (χ3n) is 1.87. The summed E-state index contributed by atoms with van der Waals surface area (Å²) in [4.78, 5) is 22.4. The number of halogens is 2. The van der Waals surface area contributed by atoms with E-state index >= 15 is 0 Å². The lowest BCUT2D eigenvalue weighted by atomic mass is 10.1. The van der Waals surface area contributed by atoms with Gasteiger partial charge in [-0.1, -0.05) is 0 Å². The van der Waals surface area contributed by atoms with Crippen LogP contribution in [0.4, 0.5) is 8.78 Å². The van der Waals surface area contributed by atoms with E-state index in [0.717, 1.165) is 14.2 Å². The van der Waals surface area contributed by atoms with E-state index in [4.69, 9.17) is 0 Å². The van der Waals surface area contributed by atoms with E-state index in [2.05, 4.69) is 9.47 Å². The van der Waals surface area contributed by atoms with Crippen LogP contribution in [0.1, 0.15) is 20.7 Å². The first kappa shape index (κ1) is 12.1. The van der Waals surface area contributed by atoms with Crippen molar-refractivity contribution in [1.82, 2.24) is 0 Å². The second kappa shape index (κ2) is 4.69. The Labute approximate surface area is 89.8 Å². The molecule has 0 saturated carbocycles. The van der Waals surface area contributed by atoms with Gasteiger partial charge < -0.3 is 9.47 Å². The Kier molecular flexibility index (Phi) is 3.55. The molecule has 0 bridgehead atoms. The van der Waals surface area contributed by atoms with Crippen LogP contribution in [0.2, 0.25) is 0 Å². The average molecular weight is 230 g/mol. The number of carbonyl (C=O) groups is 2. The highest BCUT2D eigenvalue weighted by Gasteiger charge is 2.21. The number of ether oxygens (including phenoxy) is 2. The quantitative estimate of drug-likeness (QED) is 0.723. The molecular weight excluding hydrogens is 222 g/mol. The summed E-state index contributed by atoms with van der Waals surface area (Å²) in [6.45, 7) is 0. The van der Waals surface area contributed by atoms with Gasteiger partial charge in [-0.05, 0) is 12.1 Å². The number of hydrogen-bond donors (Lipinski definition) is 0. The first-order valence-corrected chi connectivity index (χ1v) is 4.17. The number of hydrogen-bond acceptors (Lipinski definition) is 4. The third kappa shape index (κ3) is 2.16. The molecule has 0 spiro atoms. The molecule has 0 radical (unpaired) electrons. The van der Waals surface area contributed by atoms with Gasteiger partial charge in [0.25, 0.3) is 0 Å². The highest BCUT2D eigenvalue weighted by Crippen LogP contribution is 2.17. The molecule has 0 aromatic heterocycles. The molecular formula is C10H8F2O4. The summed E-state index contributed by atoms with van der Waals surface area (Å²) < 4.78 is 34.4. The highest BCUT2D eigenvalue weighted by atomic mass is 19.2. The molecule has 0 aliphatic carbocycles. The molecule has 4 nitrogen and oxygen atoms in total. The normalized spacial score (nSPS) is 9.75. The number of carbonyl (C=O) groups excluding carboxylic acids is 2. The summed E-state index contributed by atoms with van der Waals surface area (Å²) in [7, 11) is 2.12. The predicted molar refractivity (Wildman–Crippen MR) is 49.0 cm³/mol. The van der Waals surface area contributed by atoms with Crippen molar-refractivity contribution in [1.29, 1.82) is 0 Å². The van der Waals surface area contributed by atoms with Gasteiger partial charge >= 0.3 is 11.9 Å². The van der Waals surface area contributed by atoms with Crippen LogP contribution in [0.15, 0.2) is 12.1 Å². The van der Waals surface area contributed by atoms with E-state index in [1.54, 1.807) is 0 Å². The fourth-order valence-electron chi connectivity index (χ4n) is 1.10. The molecule has 0 aliphatic rings. The lowest BCUT2D eigenvalue weighted by molar-refractivity contribution is 0.0554. The highest BCUT2D eigenvalue weighted by molar-refractivity contribution is 6.03. The lowest BCUT2D eigenvalue weighted by Gasteiger charge is -2.06. The summed E-state index contributed by atoms with van der Waals surface area (Å²) in [6.07, 6.45) is 0. The van der Waals surface area contributed by atoms with Crippen LogP contribution in [-0.2, 0) is 9.47 Å². The van der Waals surface area contributed by atoms with Gasteiger partial charge in [0, 0.05) is 0 Å². The molecule has 0 aliphatic heterocycles. The van der Waals surface area contributed by atoms with Crippen LogP contribution in [0, 0.1) is 11.6 Å². The lowest BCUT2D eigenvalue weighted by Crippen LogP contribution is -2.13. The van der Waals surface area contributed by atoms with Crippen molar-refractivity contribution in [3.8, 4) is 0 Å². The fourth-order valence-corrected chi connectivity index (χ4v) is 1.10. The molecule has 0 saturated heterocycles. The van der Waals surface area contributed by atoms with Crippen molar-refractivity contribution < 1.29 is 27.8 Å². The maximum absolute atomic E-state index is 12.9. The Bertz CT molecular complexity index is 402. The molecule has 0 unspecified atom stereocenters. The van der Waals surface area contributed by atoms with Crippen LogP contribution in [0.25, 0.3) is 0 Å². The van der Waals surface area contributed by atoms with Crippen molar-refractivity contribution in [2.45, 2.75) is 0 Å². The van der Waals surface area contributed by atoms with E-state index in [9.17, 15) is 18.4 Å². The maximum atomic E-state index is 12.9. The molecule has 1 aromatic rings. The number of rotatable bonds is 2. The average Bonchev–Trinajstić information content (AvgIpc) is 2.30. The topological polar surface area (TPSA) is 52.6 Å². The van der Waals surface area contributed by atoms with Gasteiger partial charge in [0.15, 0.2) is 11.6 Å². The Morgan fingerprint density at radius 3 is 1.50 bits per heavy atom.